The van der Waals surface area contributed by atoms with Crippen molar-refractivity contribution in [3.8, 4) is 0 Å². The van der Waals surface area contributed by atoms with E-state index in [1.807, 2.05) is 20.8 Å². The highest BCUT2D eigenvalue weighted by atomic mass is 16.5. The van der Waals surface area contributed by atoms with E-state index < -0.39 is 0 Å². The van der Waals surface area contributed by atoms with E-state index in [2.05, 4.69) is 0 Å². The van der Waals surface area contributed by atoms with Crippen LogP contribution in [0.1, 0.15) is 40.0 Å². The summed E-state index contributed by atoms with van der Waals surface area (Å²) in [4.78, 5) is 11.1. The van der Waals surface area contributed by atoms with E-state index in [1.54, 1.807) is 0 Å². The minimum absolute atomic E-state index is 0.0878. The Balaban J connectivity index is 3.18. The Kier molecular flexibility index (Phi) is 8.64. The quantitative estimate of drug-likeness (QED) is 0.448. The zero-order valence-electron chi connectivity index (χ0n) is 9.54. The second-order valence-corrected chi connectivity index (χ2v) is 3.73. The van der Waals surface area contributed by atoms with Crippen LogP contribution >= 0.6 is 0 Å². The van der Waals surface area contributed by atoms with Crippen molar-refractivity contribution < 1.29 is 14.3 Å². The fourth-order valence-corrected chi connectivity index (χ4v) is 0.950. The monoisotopic (exact) mass is 202 g/mol. The van der Waals surface area contributed by atoms with Crippen LogP contribution in [-0.2, 0) is 14.3 Å². The molecule has 0 bridgehead atoms. The standard InChI is InChI=1S/C11H22O3/c1-4-13-8-6-5-7-11(12)14-9-10(2)3/h10H,4-9H2,1-3H3. The van der Waals surface area contributed by atoms with Gasteiger partial charge in [0.1, 0.15) is 0 Å². The van der Waals surface area contributed by atoms with Crippen LogP contribution in [-0.4, -0.2) is 25.8 Å². The van der Waals surface area contributed by atoms with Crippen molar-refractivity contribution in [2.75, 3.05) is 19.8 Å². The van der Waals surface area contributed by atoms with Gasteiger partial charge in [0.05, 0.1) is 6.61 Å². The maximum atomic E-state index is 11.1. The molecule has 0 aromatic heterocycles. The number of ether oxygens (including phenoxy) is 2. The lowest BCUT2D eigenvalue weighted by molar-refractivity contribution is -0.144. The van der Waals surface area contributed by atoms with Crippen LogP contribution in [0.2, 0.25) is 0 Å². The fraction of sp³-hybridized carbons (Fsp3) is 0.909. The van der Waals surface area contributed by atoms with E-state index in [1.165, 1.54) is 0 Å². The molecule has 0 saturated heterocycles. The molecular formula is C11H22O3. The number of carbonyl (C=O) groups is 1. The van der Waals surface area contributed by atoms with E-state index in [0.29, 0.717) is 18.9 Å². The highest BCUT2D eigenvalue weighted by molar-refractivity contribution is 5.69. The molecule has 0 N–H and O–H groups in total. The molecule has 0 radical (unpaired) electrons. The Morgan fingerprint density at radius 3 is 2.57 bits per heavy atom. The highest BCUT2D eigenvalue weighted by Crippen LogP contribution is 2.00. The zero-order chi connectivity index (χ0) is 10.8. The third-order valence-electron chi connectivity index (χ3n) is 1.70. The van der Waals surface area contributed by atoms with E-state index >= 15 is 0 Å². The first-order chi connectivity index (χ1) is 6.66. The number of hydrogen-bond donors (Lipinski definition) is 0. The van der Waals surface area contributed by atoms with Gasteiger partial charge in [-0.25, -0.2) is 0 Å². The number of rotatable bonds is 8. The number of unbranched alkanes of at least 4 members (excludes halogenated alkanes) is 1. The van der Waals surface area contributed by atoms with Crippen molar-refractivity contribution in [3.05, 3.63) is 0 Å². The normalized spacial score (nSPS) is 10.6. The number of hydrogen-bond acceptors (Lipinski definition) is 3. The molecule has 0 saturated carbocycles. The van der Waals surface area contributed by atoms with Crippen LogP contribution in [0.4, 0.5) is 0 Å². The first-order valence-corrected chi connectivity index (χ1v) is 5.40. The Morgan fingerprint density at radius 1 is 1.29 bits per heavy atom. The highest BCUT2D eigenvalue weighted by Gasteiger charge is 2.03. The summed E-state index contributed by atoms with van der Waals surface area (Å²) >= 11 is 0. The molecule has 0 spiro atoms. The maximum Gasteiger partial charge on any atom is 0.305 e. The molecule has 84 valence electrons. The molecule has 0 aliphatic rings. The SMILES string of the molecule is CCOCCCCC(=O)OCC(C)C. The first kappa shape index (κ1) is 13.4. The Morgan fingerprint density at radius 2 is 2.00 bits per heavy atom. The second-order valence-electron chi connectivity index (χ2n) is 3.73. The second kappa shape index (κ2) is 9.00. The predicted octanol–water partition coefficient (Wildman–Crippen LogP) is 2.39. The lowest BCUT2D eigenvalue weighted by atomic mass is 10.2. The summed E-state index contributed by atoms with van der Waals surface area (Å²) in [5, 5.41) is 0. The summed E-state index contributed by atoms with van der Waals surface area (Å²) < 4.78 is 10.2. The average Bonchev–Trinajstić information content (AvgIpc) is 2.14. The molecule has 0 atom stereocenters. The summed E-state index contributed by atoms with van der Waals surface area (Å²) in [6.45, 7) is 8.05. The number of esters is 1. The third-order valence-corrected chi connectivity index (χ3v) is 1.70. The molecule has 0 rings (SSSR count). The molecular weight excluding hydrogens is 180 g/mol. The smallest absolute Gasteiger partial charge is 0.305 e. The van der Waals surface area contributed by atoms with Gasteiger partial charge >= 0.3 is 5.97 Å². The summed E-state index contributed by atoms with van der Waals surface area (Å²) in [6, 6.07) is 0. The van der Waals surface area contributed by atoms with Crippen LogP contribution in [0.15, 0.2) is 0 Å². The van der Waals surface area contributed by atoms with Gasteiger partial charge in [-0.3, -0.25) is 4.79 Å². The lowest BCUT2D eigenvalue weighted by Gasteiger charge is -2.06. The van der Waals surface area contributed by atoms with Gasteiger partial charge in [0.15, 0.2) is 0 Å². The van der Waals surface area contributed by atoms with E-state index in [-0.39, 0.29) is 5.97 Å². The molecule has 0 heterocycles. The molecule has 3 nitrogen and oxygen atoms in total. The third kappa shape index (κ3) is 9.52. The largest absolute Gasteiger partial charge is 0.465 e. The van der Waals surface area contributed by atoms with Crippen LogP contribution < -0.4 is 0 Å². The minimum atomic E-state index is -0.0878. The van der Waals surface area contributed by atoms with Crippen LogP contribution in [0, 0.1) is 5.92 Å². The molecule has 0 amide bonds. The molecule has 0 fully saturated rings. The van der Waals surface area contributed by atoms with Crippen molar-refractivity contribution in [3.63, 3.8) is 0 Å². The van der Waals surface area contributed by atoms with Crippen LogP contribution in [0.5, 0.6) is 0 Å². The molecule has 0 aromatic rings. The predicted molar refractivity (Wildman–Crippen MR) is 56.1 cm³/mol. The van der Waals surface area contributed by atoms with Crippen molar-refractivity contribution in [2.24, 2.45) is 5.92 Å². The van der Waals surface area contributed by atoms with Crippen molar-refractivity contribution in [2.45, 2.75) is 40.0 Å². The van der Waals surface area contributed by atoms with Gasteiger partial charge in [0.2, 0.25) is 0 Å². The number of carbonyl (C=O) groups excluding carboxylic acids is 1. The van der Waals surface area contributed by atoms with Gasteiger partial charge < -0.3 is 9.47 Å². The molecule has 3 heteroatoms. The fourth-order valence-electron chi connectivity index (χ4n) is 0.950. The maximum absolute atomic E-state index is 11.1. The zero-order valence-corrected chi connectivity index (χ0v) is 9.54. The van der Waals surface area contributed by atoms with Gasteiger partial charge in [-0.2, -0.15) is 0 Å². The molecule has 14 heavy (non-hydrogen) atoms. The van der Waals surface area contributed by atoms with Gasteiger partial charge in [-0.1, -0.05) is 13.8 Å². The van der Waals surface area contributed by atoms with Gasteiger partial charge in [-0.15, -0.1) is 0 Å². The van der Waals surface area contributed by atoms with Crippen LogP contribution in [0.3, 0.4) is 0 Å². The summed E-state index contributed by atoms with van der Waals surface area (Å²) in [7, 11) is 0. The van der Waals surface area contributed by atoms with Gasteiger partial charge in [0.25, 0.3) is 0 Å². The van der Waals surface area contributed by atoms with Crippen molar-refractivity contribution in [1.82, 2.24) is 0 Å². The average molecular weight is 202 g/mol. The van der Waals surface area contributed by atoms with Crippen molar-refractivity contribution in [1.29, 1.82) is 0 Å². The van der Waals surface area contributed by atoms with E-state index in [4.69, 9.17) is 9.47 Å². The van der Waals surface area contributed by atoms with E-state index in [9.17, 15) is 4.79 Å². The Labute approximate surface area is 86.8 Å². The molecule has 0 aliphatic carbocycles. The molecule has 0 aromatic carbocycles. The summed E-state index contributed by atoms with van der Waals surface area (Å²) in [5.41, 5.74) is 0. The molecule has 0 unspecified atom stereocenters. The van der Waals surface area contributed by atoms with Gasteiger partial charge in [0, 0.05) is 19.6 Å². The van der Waals surface area contributed by atoms with Crippen LogP contribution in [0.25, 0.3) is 0 Å². The Bertz CT molecular complexity index is 143. The molecule has 0 aliphatic heterocycles. The summed E-state index contributed by atoms with van der Waals surface area (Å²) in [5.74, 6) is 0.331. The lowest BCUT2D eigenvalue weighted by Crippen LogP contribution is -2.09. The summed E-state index contributed by atoms with van der Waals surface area (Å²) in [6.07, 6.45) is 2.31. The van der Waals surface area contributed by atoms with Gasteiger partial charge in [-0.05, 0) is 25.7 Å². The van der Waals surface area contributed by atoms with Crippen molar-refractivity contribution >= 4 is 5.97 Å². The minimum Gasteiger partial charge on any atom is -0.465 e. The Hall–Kier alpha value is -0.570. The first-order valence-electron chi connectivity index (χ1n) is 5.40. The van der Waals surface area contributed by atoms with E-state index in [0.717, 1.165) is 26.1 Å². The topological polar surface area (TPSA) is 35.5 Å².